The van der Waals surface area contributed by atoms with Gasteiger partial charge in [-0.1, -0.05) is 0 Å². The number of esters is 2. The van der Waals surface area contributed by atoms with Crippen LogP contribution >= 0.6 is 0 Å². The average Bonchev–Trinajstić information content (AvgIpc) is 2.74. The van der Waals surface area contributed by atoms with Gasteiger partial charge in [0, 0.05) is 13.3 Å². The number of rotatable bonds is 6. The standard InChI is InChI=1S/C12H17NO5/c1-3-16-12(15)11(13)6-9-4-5-10(18-9)7-17-8(2)14/h4-5,11H,3,6-7,13H2,1-2H3. The smallest absolute Gasteiger partial charge is 0.323 e. The monoisotopic (exact) mass is 255 g/mol. The van der Waals surface area contributed by atoms with Crippen molar-refractivity contribution in [2.75, 3.05) is 6.61 Å². The average molecular weight is 255 g/mol. The van der Waals surface area contributed by atoms with Gasteiger partial charge in [0.2, 0.25) is 0 Å². The molecule has 100 valence electrons. The predicted octanol–water partition coefficient (Wildman–Crippen LogP) is 0.776. The number of ether oxygens (including phenoxy) is 2. The summed E-state index contributed by atoms with van der Waals surface area (Å²) in [5.41, 5.74) is 5.65. The Bertz CT molecular complexity index is 412. The SMILES string of the molecule is CCOC(=O)C(N)Cc1ccc(COC(C)=O)o1. The maximum Gasteiger partial charge on any atom is 0.323 e. The third-order valence-corrected chi connectivity index (χ3v) is 2.15. The first-order valence-corrected chi connectivity index (χ1v) is 5.66. The second kappa shape index (κ2) is 6.80. The van der Waals surface area contributed by atoms with Gasteiger partial charge < -0.3 is 19.6 Å². The summed E-state index contributed by atoms with van der Waals surface area (Å²) in [6.07, 6.45) is 0.249. The molecule has 1 aromatic rings. The van der Waals surface area contributed by atoms with Crippen LogP contribution in [0.2, 0.25) is 0 Å². The first kappa shape index (κ1) is 14.2. The molecular formula is C12H17NO5. The minimum absolute atomic E-state index is 0.0734. The number of hydrogen-bond donors (Lipinski definition) is 1. The van der Waals surface area contributed by atoms with Crippen LogP contribution in [0.3, 0.4) is 0 Å². The van der Waals surface area contributed by atoms with Gasteiger partial charge >= 0.3 is 11.9 Å². The fourth-order valence-corrected chi connectivity index (χ4v) is 1.33. The summed E-state index contributed by atoms with van der Waals surface area (Å²) in [5.74, 6) is 0.223. The van der Waals surface area contributed by atoms with Crippen molar-refractivity contribution < 1.29 is 23.5 Å². The lowest BCUT2D eigenvalue weighted by atomic mass is 10.2. The van der Waals surface area contributed by atoms with E-state index in [1.807, 2.05) is 0 Å². The Kier molecular flexibility index (Phi) is 5.38. The van der Waals surface area contributed by atoms with Gasteiger partial charge in [-0.15, -0.1) is 0 Å². The van der Waals surface area contributed by atoms with Crippen LogP contribution in [-0.2, 0) is 32.1 Å². The van der Waals surface area contributed by atoms with E-state index < -0.39 is 12.0 Å². The van der Waals surface area contributed by atoms with Gasteiger partial charge in [0.05, 0.1) is 6.61 Å². The van der Waals surface area contributed by atoms with Gasteiger partial charge in [0.15, 0.2) is 0 Å². The molecule has 0 saturated carbocycles. The van der Waals surface area contributed by atoms with Crippen molar-refractivity contribution in [3.63, 3.8) is 0 Å². The topological polar surface area (TPSA) is 91.8 Å². The zero-order valence-corrected chi connectivity index (χ0v) is 10.5. The van der Waals surface area contributed by atoms with Gasteiger partial charge in [-0.2, -0.15) is 0 Å². The highest BCUT2D eigenvalue weighted by Gasteiger charge is 2.17. The van der Waals surface area contributed by atoms with Crippen LogP contribution in [0.1, 0.15) is 25.4 Å². The van der Waals surface area contributed by atoms with Crippen molar-refractivity contribution in [3.05, 3.63) is 23.7 Å². The quantitative estimate of drug-likeness (QED) is 0.755. The van der Waals surface area contributed by atoms with E-state index in [-0.39, 0.29) is 19.0 Å². The molecule has 0 aliphatic heterocycles. The molecule has 0 bridgehead atoms. The summed E-state index contributed by atoms with van der Waals surface area (Å²) in [7, 11) is 0. The van der Waals surface area contributed by atoms with Crippen LogP contribution in [0.4, 0.5) is 0 Å². The van der Waals surface area contributed by atoms with Crippen molar-refractivity contribution in [2.24, 2.45) is 5.73 Å². The number of carbonyl (C=O) groups is 2. The van der Waals surface area contributed by atoms with E-state index in [0.29, 0.717) is 18.1 Å². The van der Waals surface area contributed by atoms with Crippen LogP contribution in [0.5, 0.6) is 0 Å². The van der Waals surface area contributed by atoms with Gasteiger partial charge in [-0.05, 0) is 19.1 Å². The first-order valence-electron chi connectivity index (χ1n) is 5.66. The lowest BCUT2D eigenvalue weighted by Gasteiger charge is -2.08. The zero-order chi connectivity index (χ0) is 13.5. The summed E-state index contributed by atoms with van der Waals surface area (Å²) >= 11 is 0. The van der Waals surface area contributed by atoms with Crippen molar-refractivity contribution in [3.8, 4) is 0 Å². The highest BCUT2D eigenvalue weighted by Crippen LogP contribution is 2.11. The Morgan fingerprint density at radius 3 is 2.61 bits per heavy atom. The Morgan fingerprint density at radius 2 is 2.00 bits per heavy atom. The van der Waals surface area contributed by atoms with Gasteiger partial charge in [-0.25, -0.2) is 0 Å². The molecule has 0 aliphatic rings. The van der Waals surface area contributed by atoms with E-state index in [9.17, 15) is 9.59 Å². The summed E-state index contributed by atoms with van der Waals surface area (Å²) in [4.78, 5) is 21.9. The fraction of sp³-hybridized carbons (Fsp3) is 0.500. The maximum atomic E-state index is 11.3. The van der Waals surface area contributed by atoms with Crippen molar-refractivity contribution in [1.29, 1.82) is 0 Å². The number of carbonyl (C=O) groups excluding carboxylic acids is 2. The third kappa shape index (κ3) is 4.58. The molecule has 1 aromatic heterocycles. The third-order valence-electron chi connectivity index (χ3n) is 2.15. The van der Waals surface area contributed by atoms with Crippen LogP contribution in [0, 0.1) is 0 Å². The molecule has 0 saturated heterocycles. The zero-order valence-electron chi connectivity index (χ0n) is 10.5. The summed E-state index contributed by atoms with van der Waals surface area (Å²) in [5, 5.41) is 0. The Labute approximate surface area is 105 Å². The molecule has 1 heterocycles. The molecule has 0 aromatic carbocycles. The van der Waals surface area contributed by atoms with Gasteiger partial charge in [-0.3, -0.25) is 9.59 Å². The second-order valence-electron chi connectivity index (χ2n) is 3.71. The molecule has 0 radical (unpaired) electrons. The summed E-state index contributed by atoms with van der Waals surface area (Å²) in [6, 6.07) is 2.62. The van der Waals surface area contributed by atoms with Gasteiger partial charge in [0.25, 0.3) is 0 Å². The van der Waals surface area contributed by atoms with Gasteiger partial charge in [0.1, 0.15) is 24.2 Å². The number of hydrogen-bond acceptors (Lipinski definition) is 6. The fourth-order valence-electron chi connectivity index (χ4n) is 1.33. The maximum absolute atomic E-state index is 11.3. The van der Waals surface area contributed by atoms with Crippen LogP contribution < -0.4 is 5.73 Å². The molecule has 1 atom stereocenters. The van der Waals surface area contributed by atoms with E-state index in [4.69, 9.17) is 19.6 Å². The van der Waals surface area contributed by atoms with E-state index in [1.54, 1.807) is 19.1 Å². The largest absolute Gasteiger partial charge is 0.465 e. The molecular weight excluding hydrogens is 238 g/mol. The van der Waals surface area contributed by atoms with Crippen molar-refractivity contribution in [1.82, 2.24) is 0 Å². The normalized spacial score (nSPS) is 11.9. The number of nitrogens with two attached hydrogens (primary N) is 1. The Morgan fingerprint density at radius 1 is 1.33 bits per heavy atom. The van der Waals surface area contributed by atoms with E-state index in [2.05, 4.69) is 0 Å². The molecule has 6 nitrogen and oxygen atoms in total. The highest BCUT2D eigenvalue weighted by molar-refractivity contribution is 5.75. The lowest BCUT2D eigenvalue weighted by molar-refractivity contribution is -0.144. The lowest BCUT2D eigenvalue weighted by Crippen LogP contribution is -2.34. The van der Waals surface area contributed by atoms with Crippen LogP contribution in [0.25, 0.3) is 0 Å². The molecule has 1 rings (SSSR count). The first-order chi connectivity index (χ1) is 8.52. The van der Waals surface area contributed by atoms with Crippen LogP contribution in [0.15, 0.2) is 16.5 Å². The van der Waals surface area contributed by atoms with Crippen LogP contribution in [-0.4, -0.2) is 24.6 Å². The van der Waals surface area contributed by atoms with E-state index in [1.165, 1.54) is 6.92 Å². The van der Waals surface area contributed by atoms with Crippen molar-refractivity contribution >= 4 is 11.9 Å². The predicted molar refractivity (Wildman–Crippen MR) is 62.5 cm³/mol. The number of furan rings is 1. The second-order valence-corrected chi connectivity index (χ2v) is 3.71. The molecule has 0 aliphatic carbocycles. The minimum atomic E-state index is -0.752. The van der Waals surface area contributed by atoms with E-state index in [0.717, 1.165) is 0 Å². The molecule has 0 amide bonds. The summed E-state index contributed by atoms with van der Waals surface area (Å²) in [6.45, 7) is 3.40. The molecule has 6 heteroatoms. The molecule has 1 unspecified atom stereocenters. The van der Waals surface area contributed by atoms with Crippen molar-refractivity contribution in [2.45, 2.75) is 32.9 Å². The minimum Gasteiger partial charge on any atom is -0.465 e. The molecule has 0 fully saturated rings. The molecule has 2 N–H and O–H groups in total. The molecule has 18 heavy (non-hydrogen) atoms. The Hall–Kier alpha value is -1.82. The Balaban J connectivity index is 2.48. The molecule has 0 spiro atoms. The highest BCUT2D eigenvalue weighted by atomic mass is 16.5. The summed E-state index contributed by atoms with van der Waals surface area (Å²) < 4.78 is 14.9. The van der Waals surface area contributed by atoms with E-state index >= 15 is 0 Å².